The van der Waals surface area contributed by atoms with Crippen molar-refractivity contribution < 1.29 is 9.90 Å². The maximum absolute atomic E-state index is 9.70. The van der Waals surface area contributed by atoms with Gasteiger partial charge in [-0.25, -0.2) is 0 Å². The van der Waals surface area contributed by atoms with Gasteiger partial charge in [-0.1, -0.05) is 27.7 Å². The van der Waals surface area contributed by atoms with E-state index in [1.54, 1.807) is 13.8 Å². The van der Waals surface area contributed by atoms with E-state index < -0.39 is 5.97 Å². The van der Waals surface area contributed by atoms with E-state index in [2.05, 4.69) is 13.8 Å². The highest BCUT2D eigenvalue weighted by atomic mass is 16.4. The Morgan fingerprint density at radius 3 is 1.38 bits per heavy atom. The molecule has 0 bridgehead atoms. The molecular weight excluding hydrogens is 166 g/mol. The van der Waals surface area contributed by atoms with E-state index in [0.717, 1.165) is 0 Å². The van der Waals surface area contributed by atoms with Crippen LogP contribution < -0.4 is 5.73 Å². The van der Waals surface area contributed by atoms with Crippen LogP contribution in [-0.4, -0.2) is 16.6 Å². The molecule has 0 atom stereocenters. The zero-order valence-corrected chi connectivity index (χ0v) is 9.59. The predicted molar refractivity (Wildman–Crippen MR) is 55.6 cm³/mol. The van der Waals surface area contributed by atoms with Gasteiger partial charge in [-0.3, -0.25) is 4.79 Å². The summed E-state index contributed by atoms with van der Waals surface area (Å²) in [6.07, 6.45) is 0. The molecule has 0 aromatic rings. The summed E-state index contributed by atoms with van der Waals surface area (Å²) in [4.78, 5) is 9.70. The molecule has 0 rings (SSSR count). The highest BCUT2D eigenvalue weighted by molar-refractivity contribution is 5.68. The zero-order chi connectivity index (χ0) is 11.2. The first-order chi connectivity index (χ1) is 5.59. The Labute approximate surface area is 81.3 Å². The van der Waals surface area contributed by atoms with Gasteiger partial charge in [0.1, 0.15) is 0 Å². The molecule has 0 saturated heterocycles. The lowest BCUT2D eigenvalue weighted by molar-refractivity contribution is -0.140. The van der Waals surface area contributed by atoms with E-state index in [0.29, 0.717) is 5.92 Å². The van der Waals surface area contributed by atoms with Gasteiger partial charge in [0.15, 0.2) is 0 Å². The lowest BCUT2D eigenvalue weighted by Crippen LogP contribution is -2.37. The molecule has 0 aliphatic rings. The average Bonchev–Trinajstić information content (AvgIpc) is 1.86. The van der Waals surface area contributed by atoms with Gasteiger partial charge < -0.3 is 10.8 Å². The number of rotatable bonds is 2. The van der Waals surface area contributed by atoms with Crippen LogP contribution in [0, 0.1) is 11.8 Å². The Morgan fingerprint density at radius 1 is 1.23 bits per heavy atom. The summed E-state index contributed by atoms with van der Waals surface area (Å²) >= 11 is 0. The molecule has 0 fully saturated rings. The fraction of sp³-hybridized carbons (Fsp3) is 0.900. The van der Waals surface area contributed by atoms with Gasteiger partial charge in [-0.15, -0.1) is 0 Å². The predicted octanol–water partition coefficient (Wildman–Crippen LogP) is 2.11. The SMILES string of the molecule is CC(C)C(=O)O.CC(C)C(C)(C)N. The van der Waals surface area contributed by atoms with Gasteiger partial charge in [0.2, 0.25) is 0 Å². The fourth-order valence-electron chi connectivity index (χ4n) is 0. The number of hydrogen-bond donors (Lipinski definition) is 2. The van der Waals surface area contributed by atoms with Crippen LogP contribution in [0.2, 0.25) is 0 Å². The number of nitrogens with two attached hydrogens (primary N) is 1. The molecule has 0 aromatic carbocycles. The number of carboxylic acids is 1. The normalized spacial score (nSPS) is 11.2. The van der Waals surface area contributed by atoms with Crippen LogP contribution in [0.1, 0.15) is 41.5 Å². The van der Waals surface area contributed by atoms with Crippen molar-refractivity contribution in [3.05, 3.63) is 0 Å². The zero-order valence-electron chi connectivity index (χ0n) is 9.59. The minimum absolute atomic E-state index is 0. The van der Waals surface area contributed by atoms with E-state index in [9.17, 15) is 4.79 Å². The largest absolute Gasteiger partial charge is 0.481 e. The monoisotopic (exact) mass is 189 g/mol. The summed E-state index contributed by atoms with van der Waals surface area (Å²) in [5, 5.41) is 7.99. The Morgan fingerprint density at radius 2 is 1.38 bits per heavy atom. The first-order valence-corrected chi connectivity index (χ1v) is 4.60. The van der Waals surface area contributed by atoms with Crippen molar-refractivity contribution >= 4 is 5.97 Å². The first kappa shape index (κ1) is 14.9. The molecule has 80 valence electrons. The Hall–Kier alpha value is -0.570. The Balaban J connectivity index is 0. The molecular formula is C10H23NO2. The molecule has 0 unspecified atom stereocenters. The standard InChI is InChI=1S/C6H15N.C4H8O2/c1-5(2)6(3,4)7;1-3(2)4(5)6/h5H,7H2,1-4H3;3H,1-2H3,(H,5,6). The molecule has 0 saturated carbocycles. The minimum Gasteiger partial charge on any atom is -0.481 e. The summed E-state index contributed by atoms with van der Waals surface area (Å²) in [6, 6.07) is 0. The fourth-order valence-corrected chi connectivity index (χ4v) is 0. The van der Waals surface area contributed by atoms with E-state index in [1.165, 1.54) is 0 Å². The van der Waals surface area contributed by atoms with Gasteiger partial charge in [-0.05, 0) is 19.8 Å². The smallest absolute Gasteiger partial charge is 0.305 e. The summed E-state index contributed by atoms with van der Waals surface area (Å²) in [5.74, 6) is -0.396. The molecule has 0 aromatic heterocycles. The van der Waals surface area contributed by atoms with E-state index in [4.69, 9.17) is 10.8 Å². The molecule has 3 nitrogen and oxygen atoms in total. The summed E-state index contributed by atoms with van der Waals surface area (Å²) < 4.78 is 0. The van der Waals surface area contributed by atoms with Crippen molar-refractivity contribution in [2.24, 2.45) is 17.6 Å². The Bertz CT molecular complexity index is 145. The first-order valence-electron chi connectivity index (χ1n) is 4.60. The number of aliphatic carboxylic acids is 1. The summed E-state index contributed by atoms with van der Waals surface area (Å²) in [7, 11) is 0. The average molecular weight is 189 g/mol. The molecule has 0 heterocycles. The summed E-state index contributed by atoms with van der Waals surface area (Å²) in [5.41, 5.74) is 5.68. The maximum atomic E-state index is 9.70. The van der Waals surface area contributed by atoms with Gasteiger partial charge in [-0.2, -0.15) is 0 Å². The second kappa shape index (κ2) is 5.97. The van der Waals surface area contributed by atoms with Crippen LogP contribution in [0.15, 0.2) is 0 Å². The van der Waals surface area contributed by atoms with Crippen LogP contribution >= 0.6 is 0 Å². The van der Waals surface area contributed by atoms with Crippen LogP contribution in [0.3, 0.4) is 0 Å². The lowest BCUT2D eigenvalue weighted by Gasteiger charge is -2.22. The van der Waals surface area contributed by atoms with Crippen molar-refractivity contribution in [2.45, 2.75) is 47.1 Å². The van der Waals surface area contributed by atoms with Crippen LogP contribution in [0.5, 0.6) is 0 Å². The van der Waals surface area contributed by atoms with Crippen molar-refractivity contribution in [3.63, 3.8) is 0 Å². The van der Waals surface area contributed by atoms with E-state index in [-0.39, 0.29) is 11.5 Å². The molecule has 3 N–H and O–H groups in total. The minimum atomic E-state index is -0.741. The van der Waals surface area contributed by atoms with Gasteiger partial charge in [0.05, 0.1) is 5.92 Å². The maximum Gasteiger partial charge on any atom is 0.305 e. The molecule has 0 aliphatic carbocycles. The van der Waals surface area contributed by atoms with Crippen LogP contribution in [0.25, 0.3) is 0 Å². The second-order valence-corrected chi connectivity index (χ2v) is 4.47. The van der Waals surface area contributed by atoms with Gasteiger partial charge >= 0.3 is 5.97 Å². The topological polar surface area (TPSA) is 63.3 Å². The molecule has 0 aliphatic heterocycles. The van der Waals surface area contributed by atoms with Crippen molar-refractivity contribution in [2.75, 3.05) is 0 Å². The molecule has 3 heteroatoms. The van der Waals surface area contributed by atoms with E-state index in [1.807, 2.05) is 13.8 Å². The third kappa shape index (κ3) is 11.4. The molecule has 0 radical (unpaired) electrons. The highest BCUT2D eigenvalue weighted by Crippen LogP contribution is 2.09. The third-order valence-corrected chi connectivity index (χ3v) is 1.98. The Kier molecular flexibility index (Phi) is 6.86. The second-order valence-electron chi connectivity index (χ2n) is 4.47. The molecule has 13 heavy (non-hydrogen) atoms. The van der Waals surface area contributed by atoms with Gasteiger partial charge in [0, 0.05) is 5.54 Å². The molecule has 0 spiro atoms. The van der Waals surface area contributed by atoms with Crippen molar-refractivity contribution in [1.82, 2.24) is 0 Å². The van der Waals surface area contributed by atoms with E-state index >= 15 is 0 Å². The van der Waals surface area contributed by atoms with Crippen molar-refractivity contribution in [1.29, 1.82) is 0 Å². The quantitative estimate of drug-likeness (QED) is 0.699. The molecule has 0 amide bonds. The van der Waals surface area contributed by atoms with Crippen LogP contribution in [-0.2, 0) is 4.79 Å². The summed E-state index contributed by atoms with van der Waals surface area (Å²) in [6.45, 7) is 11.6. The lowest BCUT2D eigenvalue weighted by atomic mass is 9.92. The number of carbonyl (C=O) groups is 1. The highest BCUT2D eigenvalue weighted by Gasteiger charge is 2.14. The van der Waals surface area contributed by atoms with Gasteiger partial charge in [0.25, 0.3) is 0 Å². The number of hydrogen-bond acceptors (Lipinski definition) is 2. The van der Waals surface area contributed by atoms with Crippen LogP contribution in [0.4, 0.5) is 0 Å². The number of carboxylic acid groups (broad SMARTS) is 1. The van der Waals surface area contributed by atoms with Crippen molar-refractivity contribution in [3.8, 4) is 0 Å². The third-order valence-electron chi connectivity index (χ3n) is 1.98.